The smallest absolute Gasteiger partial charge is 0.220 e. The number of phenols is 1. The van der Waals surface area contributed by atoms with Crippen molar-refractivity contribution >= 4 is 17.6 Å². The van der Waals surface area contributed by atoms with Crippen molar-refractivity contribution in [2.24, 2.45) is 0 Å². The molecule has 2 rings (SSSR count). The van der Waals surface area contributed by atoms with Gasteiger partial charge in [-0.25, -0.2) is 0 Å². The minimum Gasteiger partial charge on any atom is -0.512 e. The number of allylic oxidation sites excluding steroid dienone is 8. The number of methoxy groups -OCH3 is 1. The highest BCUT2D eigenvalue weighted by atomic mass is 16.5. The third-order valence-electron chi connectivity index (χ3n) is 3.37. The molecule has 0 fully saturated rings. The Balaban J connectivity index is 1.96. The minimum absolute atomic E-state index is 0.0921. The molecule has 1 aromatic rings. The molecule has 0 unspecified atom stereocenters. The number of hydrogen-bond donors (Lipinski definition) is 2. The van der Waals surface area contributed by atoms with E-state index in [2.05, 4.69) is 0 Å². The van der Waals surface area contributed by atoms with Crippen molar-refractivity contribution in [3.8, 4) is 5.75 Å². The van der Waals surface area contributed by atoms with Gasteiger partial charge in [0.05, 0.1) is 19.3 Å². The lowest BCUT2D eigenvalue weighted by Gasteiger charge is -2.06. The van der Waals surface area contributed by atoms with Gasteiger partial charge >= 0.3 is 0 Å². The van der Waals surface area contributed by atoms with Crippen LogP contribution in [0.4, 0.5) is 0 Å². The standard InChI is InChI=1S/C20H18O5/c1-25-20-12-15(6-11-19(20)24)5-10-18(23)13-17(22)9-4-14-2-7-16(21)8-3-14/h2-12,21,23H,13H2,1H3. The molecule has 2 N–H and O–H groups in total. The quantitative estimate of drug-likeness (QED) is 0.613. The number of ketones is 2. The summed E-state index contributed by atoms with van der Waals surface area (Å²) in [6.07, 6.45) is 10.4. The van der Waals surface area contributed by atoms with E-state index in [0.29, 0.717) is 5.57 Å². The van der Waals surface area contributed by atoms with Crippen molar-refractivity contribution in [2.45, 2.75) is 6.42 Å². The van der Waals surface area contributed by atoms with Gasteiger partial charge in [-0.15, -0.1) is 0 Å². The Bertz CT molecular complexity index is 805. The zero-order chi connectivity index (χ0) is 18.2. The second-order valence-electron chi connectivity index (χ2n) is 5.30. The van der Waals surface area contributed by atoms with Gasteiger partial charge in [-0.2, -0.15) is 0 Å². The first-order valence-corrected chi connectivity index (χ1v) is 7.56. The molecule has 0 aliphatic heterocycles. The number of carbonyl (C=O) groups is 2. The van der Waals surface area contributed by atoms with Crippen LogP contribution in [-0.2, 0) is 14.3 Å². The van der Waals surface area contributed by atoms with E-state index >= 15 is 0 Å². The maximum absolute atomic E-state index is 11.8. The number of benzene rings is 1. The van der Waals surface area contributed by atoms with E-state index in [-0.39, 0.29) is 35.3 Å². The molecule has 0 aromatic heterocycles. The molecule has 1 aliphatic rings. The summed E-state index contributed by atoms with van der Waals surface area (Å²) in [5.74, 6) is -0.202. The van der Waals surface area contributed by atoms with Gasteiger partial charge in [-0.05, 0) is 47.6 Å². The van der Waals surface area contributed by atoms with E-state index in [0.717, 1.165) is 5.56 Å². The topological polar surface area (TPSA) is 83.8 Å². The predicted molar refractivity (Wildman–Crippen MR) is 94.8 cm³/mol. The fourth-order valence-electron chi connectivity index (χ4n) is 2.05. The van der Waals surface area contributed by atoms with E-state index in [9.17, 15) is 19.8 Å². The van der Waals surface area contributed by atoms with Crippen LogP contribution in [0.1, 0.15) is 12.0 Å². The molecule has 0 spiro atoms. The Morgan fingerprint density at radius 3 is 2.60 bits per heavy atom. The zero-order valence-electron chi connectivity index (χ0n) is 13.7. The Morgan fingerprint density at radius 1 is 1.20 bits per heavy atom. The van der Waals surface area contributed by atoms with Crippen LogP contribution in [-0.4, -0.2) is 28.9 Å². The Hall–Kier alpha value is -3.34. The van der Waals surface area contributed by atoms with Crippen molar-refractivity contribution in [1.29, 1.82) is 0 Å². The molecule has 0 radical (unpaired) electrons. The van der Waals surface area contributed by atoms with Crippen molar-refractivity contribution in [3.05, 3.63) is 83.4 Å². The summed E-state index contributed by atoms with van der Waals surface area (Å²) in [5, 5.41) is 19.0. The molecule has 5 nitrogen and oxygen atoms in total. The predicted octanol–water partition coefficient (Wildman–Crippen LogP) is 3.40. The summed E-state index contributed by atoms with van der Waals surface area (Å²) < 4.78 is 4.94. The first-order chi connectivity index (χ1) is 12.0. The van der Waals surface area contributed by atoms with Gasteiger partial charge in [0, 0.05) is 0 Å². The second-order valence-corrected chi connectivity index (χ2v) is 5.30. The van der Waals surface area contributed by atoms with Gasteiger partial charge in [0.1, 0.15) is 5.75 Å². The summed E-state index contributed by atoms with van der Waals surface area (Å²) in [6.45, 7) is 0. The molecular formula is C20H18O5. The monoisotopic (exact) mass is 338 g/mol. The lowest BCUT2D eigenvalue weighted by molar-refractivity contribution is -0.115. The summed E-state index contributed by atoms with van der Waals surface area (Å²) in [7, 11) is 1.41. The Kier molecular flexibility index (Phi) is 6.12. The Labute approximate surface area is 145 Å². The fraction of sp³-hybridized carbons (Fsp3) is 0.100. The largest absolute Gasteiger partial charge is 0.512 e. The van der Waals surface area contributed by atoms with Crippen LogP contribution in [0, 0.1) is 0 Å². The highest BCUT2D eigenvalue weighted by molar-refractivity contribution is 6.04. The second kappa shape index (κ2) is 8.49. The summed E-state index contributed by atoms with van der Waals surface area (Å²) >= 11 is 0. The zero-order valence-corrected chi connectivity index (χ0v) is 13.7. The maximum Gasteiger partial charge on any atom is 0.220 e. The van der Waals surface area contributed by atoms with Gasteiger partial charge in [0.15, 0.2) is 11.5 Å². The van der Waals surface area contributed by atoms with Gasteiger partial charge in [-0.3, -0.25) is 9.59 Å². The number of ether oxygens (including phenoxy) is 1. The molecule has 0 saturated heterocycles. The van der Waals surface area contributed by atoms with Crippen LogP contribution < -0.4 is 0 Å². The van der Waals surface area contributed by atoms with Crippen molar-refractivity contribution in [2.75, 3.05) is 7.11 Å². The SMILES string of the molecule is COC1=CC(=CC=C(O)CC(=O)C=Cc2ccc(O)cc2)C=CC1=O. The highest BCUT2D eigenvalue weighted by Gasteiger charge is 2.10. The van der Waals surface area contributed by atoms with Crippen LogP contribution in [0.2, 0.25) is 0 Å². The molecule has 0 atom stereocenters. The molecule has 0 amide bonds. The first-order valence-electron chi connectivity index (χ1n) is 7.56. The van der Waals surface area contributed by atoms with Gasteiger partial charge in [0.2, 0.25) is 5.78 Å². The summed E-state index contributed by atoms with van der Waals surface area (Å²) in [6, 6.07) is 6.40. The fourth-order valence-corrected chi connectivity index (χ4v) is 2.05. The van der Waals surface area contributed by atoms with Gasteiger partial charge in [0.25, 0.3) is 0 Å². The van der Waals surface area contributed by atoms with Crippen LogP contribution in [0.3, 0.4) is 0 Å². The van der Waals surface area contributed by atoms with E-state index in [1.54, 1.807) is 36.4 Å². The van der Waals surface area contributed by atoms with E-state index in [1.807, 2.05) is 0 Å². The van der Waals surface area contributed by atoms with E-state index in [4.69, 9.17) is 4.74 Å². The number of phenolic OH excluding ortho intramolecular Hbond substituents is 1. The van der Waals surface area contributed by atoms with E-state index < -0.39 is 0 Å². The highest BCUT2D eigenvalue weighted by Crippen LogP contribution is 2.14. The van der Waals surface area contributed by atoms with Crippen LogP contribution in [0.25, 0.3) is 6.08 Å². The lowest BCUT2D eigenvalue weighted by atomic mass is 10.1. The molecule has 5 heteroatoms. The molecule has 0 heterocycles. The lowest BCUT2D eigenvalue weighted by Crippen LogP contribution is -2.04. The maximum atomic E-state index is 11.8. The van der Waals surface area contributed by atoms with Crippen LogP contribution in [0.5, 0.6) is 5.75 Å². The Morgan fingerprint density at radius 2 is 1.92 bits per heavy atom. The third kappa shape index (κ3) is 5.66. The number of aliphatic hydroxyl groups excluding tert-OH is 1. The number of aliphatic hydroxyl groups is 1. The normalized spacial score (nSPS) is 16.4. The molecule has 0 saturated carbocycles. The average molecular weight is 338 g/mol. The number of carbonyl (C=O) groups excluding carboxylic acids is 2. The molecule has 1 aliphatic carbocycles. The third-order valence-corrected chi connectivity index (χ3v) is 3.37. The molecule has 128 valence electrons. The minimum atomic E-state index is -0.261. The van der Waals surface area contributed by atoms with E-state index in [1.165, 1.54) is 37.5 Å². The van der Waals surface area contributed by atoms with Crippen LogP contribution >= 0.6 is 0 Å². The first kappa shape index (κ1) is 18.0. The molecule has 0 bridgehead atoms. The van der Waals surface area contributed by atoms with Crippen molar-refractivity contribution < 1.29 is 24.5 Å². The number of rotatable bonds is 6. The summed E-state index contributed by atoms with van der Waals surface area (Å²) in [4.78, 5) is 23.3. The average Bonchev–Trinajstić information content (AvgIpc) is 2.60. The molecule has 1 aromatic carbocycles. The number of hydrogen-bond acceptors (Lipinski definition) is 5. The molecule has 25 heavy (non-hydrogen) atoms. The van der Waals surface area contributed by atoms with Gasteiger partial charge < -0.3 is 14.9 Å². The number of aromatic hydroxyl groups is 1. The molecular weight excluding hydrogens is 320 g/mol. The van der Waals surface area contributed by atoms with Crippen molar-refractivity contribution in [1.82, 2.24) is 0 Å². The van der Waals surface area contributed by atoms with Crippen molar-refractivity contribution in [3.63, 3.8) is 0 Å². The van der Waals surface area contributed by atoms with Gasteiger partial charge in [-0.1, -0.05) is 30.4 Å². The van der Waals surface area contributed by atoms with Crippen LogP contribution in [0.15, 0.2) is 77.8 Å². The summed E-state index contributed by atoms with van der Waals surface area (Å²) in [5.41, 5.74) is 1.45.